The maximum absolute atomic E-state index is 13.8. The number of nitrogens with one attached hydrogen (secondary N) is 1. The van der Waals surface area contributed by atoms with E-state index in [0.717, 1.165) is 11.8 Å². The van der Waals surface area contributed by atoms with Crippen molar-refractivity contribution in [3.05, 3.63) is 87.9 Å². The standard InChI is InChI=1S/C29H31Cl2N3O6S/c1-32-29(36)25(15-20-7-4-3-5-8-20)33(18-21-10-11-22(30)16-24(21)31)28(35)9-6-14-34(41(2,37)38)23-12-13-26-27(17-23)40-19-39-26/h3-5,7-8,10-13,16-17,25H,6,9,14-15,18-19H2,1-2H3,(H,32,36)/t25-/m1/s1. The van der Waals surface area contributed by atoms with Crippen molar-refractivity contribution in [3.63, 3.8) is 0 Å². The molecule has 0 aromatic heterocycles. The number of hydrogen-bond acceptors (Lipinski definition) is 6. The van der Waals surface area contributed by atoms with Gasteiger partial charge in [-0.2, -0.15) is 0 Å². The van der Waals surface area contributed by atoms with Crippen LogP contribution in [0, 0.1) is 0 Å². The minimum absolute atomic E-state index is 0.00986. The van der Waals surface area contributed by atoms with Crippen LogP contribution in [0.4, 0.5) is 5.69 Å². The summed E-state index contributed by atoms with van der Waals surface area (Å²) in [5.74, 6) is 0.338. The first-order valence-electron chi connectivity index (χ1n) is 12.9. The Morgan fingerprint density at radius 3 is 2.41 bits per heavy atom. The number of carbonyl (C=O) groups is 2. The molecule has 41 heavy (non-hydrogen) atoms. The van der Waals surface area contributed by atoms with Crippen molar-refractivity contribution < 1.29 is 27.5 Å². The quantitative estimate of drug-likeness (QED) is 0.316. The largest absolute Gasteiger partial charge is 0.454 e. The number of anilines is 1. The van der Waals surface area contributed by atoms with E-state index in [1.807, 2.05) is 30.3 Å². The second-order valence-electron chi connectivity index (χ2n) is 9.55. The van der Waals surface area contributed by atoms with Crippen molar-refractivity contribution in [2.75, 3.05) is 30.9 Å². The van der Waals surface area contributed by atoms with Gasteiger partial charge in [-0.15, -0.1) is 0 Å². The minimum atomic E-state index is -3.67. The molecule has 4 rings (SSSR count). The first-order valence-corrected chi connectivity index (χ1v) is 15.5. The zero-order valence-corrected chi connectivity index (χ0v) is 25.0. The Hall–Kier alpha value is -3.47. The van der Waals surface area contributed by atoms with Crippen LogP contribution in [0.25, 0.3) is 0 Å². The Labute approximate surface area is 250 Å². The lowest BCUT2D eigenvalue weighted by Gasteiger charge is -2.32. The van der Waals surface area contributed by atoms with Gasteiger partial charge in [0, 0.05) is 49.1 Å². The monoisotopic (exact) mass is 619 g/mol. The summed E-state index contributed by atoms with van der Waals surface area (Å²) in [4.78, 5) is 28.4. The third kappa shape index (κ3) is 7.84. The molecule has 218 valence electrons. The molecule has 9 nitrogen and oxygen atoms in total. The molecule has 1 aliphatic heterocycles. The number of carbonyl (C=O) groups excluding carboxylic acids is 2. The summed E-state index contributed by atoms with van der Waals surface area (Å²) in [6, 6.07) is 18.4. The van der Waals surface area contributed by atoms with E-state index >= 15 is 0 Å². The first-order chi connectivity index (χ1) is 19.6. The van der Waals surface area contributed by atoms with E-state index in [1.54, 1.807) is 36.4 Å². The number of likely N-dealkylation sites (N-methyl/N-ethyl adjacent to an activating group) is 1. The van der Waals surface area contributed by atoms with Crippen LogP contribution in [0.5, 0.6) is 11.5 Å². The van der Waals surface area contributed by atoms with Crippen molar-refractivity contribution >= 4 is 50.7 Å². The van der Waals surface area contributed by atoms with Crippen LogP contribution in [0.3, 0.4) is 0 Å². The number of benzene rings is 3. The fourth-order valence-electron chi connectivity index (χ4n) is 4.60. The number of nitrogens with zero attached hydrogens (tertiary/aromatic N) is 2. The molecule has 1 aliphatic rings. The lowest BCUT2D eigenvalue weighted by atomic mass is 10.0. The minimum Gasteiger partial charge on any atom is -0.454 e. The smallest absolute Gasteiger partial charge is 0.242 e. The number of sulfonamides is 1. The number of hydrogen-bond donors (Lipinski definition) is 1. The van der Waals surface area contributed by atoms with Gasteiger partial charge in [-0.25, -0.2) is 8.42 Å². The fraction of sp³-hybridized carbons (Fsp3) is 0.310. The predicted molar refractivity (Wildman–Crippen MR) is 159 cm³/mol. The molecule has 3 aromatic rings. The van der Waals surface area contributed by atoms with Gasteiger partial charge in [-0.05, 0) is 41.8 Å². The summed E-state index contributed by atoms with van der Waals surface area (Å²) in [7, 11) is -2.15. The summed E-state index contributed by atoms with van der Waals surface area (Å²) >= 11 is 12.5. The average molecular weight is 621 g/mol. The molecule has 12 heteroatoms. The molecule has 0 spiro atoms. The summed E-state index contributed by atoms with van der Waals surface area (Å²) in [5, 5.41) is 3.49. The highest BCUT2D eigenvalue weighted by Crippen LogP contribution is 2.36. The second kappa shape index (κ2) is 13.5. The molecular formula is C29H31Cl2N3O6S. The highest BCUT2D eigenvalue weighted by atomic mass is 35.5. The van der Waals surface area contributed by atoms with E-state index in [4.69, 9.17) is 32.7 Å². The summed E-state index contributed by atoms with van der Waals surface area (Å²) in [6.07, 6.45) is 1.58. The molecule has 0 fully saturated rings. The number of amides is 2. The van der Waals surface area contributed by atoms with E-state index in [1.165, 1.54) is 16.3 Å². The Morgan fingerprint density at radius 1 is 1.00 bits per heavy atom. The van der Waals surface area contributed by atoms with Crippen LogP contribution in [0.15, 0.2) is 66.7 Å². The van der Waals surface area contributed by atoms with Crippen LogP contribution in [-0.4, -0.2) is 57.8 Å². The molecule has 2 amide bonds. The Bertz CT molecular complexity index is 1500. The Morgan fingerprint density at radius 2 is 1.73 bits per heavy atom. The lowest BCUT2D eigenvalue weighted by molar-refractivity contribution is -0.141. The van der Waals surface area contributed by atoms with Crippen molar-refractivity contribution in [1.29, 1.82) is 0 Å². The Kier molecular flexibility index (Phi) is 10.0. The van der Waals surface area contributed by atoms with Gasteiger partial charge in [0.25, 0.3) is 0 Å². The Balaban J connectivity index is 1.57. The zero-order valence-electron chi connectivity index (χ0n) is 22.7. The highest BCUT2D eigenvalue weighted by molar-refractivity contribution is 7.92. The maximum atomic E-state index is 13.8. The predicted octanol–water partition coefficient (Wildman–Crippen LogP) is 4.65. The summed E-state index contributed by atoms with van der Waals surface area (Å²) in [6.45, 7) is 0.176. The van der Waals surface area contributed by atoms with Crippen molar-refractivity contribution in [1.82, 2.24) is 10.2 Å². The molecule has 0 radical (unpaired) electrons. The lowest BCUT2D eigenvalue weighted by Crippen LogP contribution is -2.49. The van der Waals surface area contributed by atoms with Crippen LogP contribution in [0.2, 0.25) is 10.0 Å². The van der Waals surface area contributed by atoms with E-state index in [9.17, 15) is 18.0 Å². The van der Waals surface area contributed by atoms with Gasteiger partial charge in [0.15, 0.2) is 11.5 Å². The normalized spacial score (nSPS) is 13.0. The summed E-state index contributed by atoms with van der Waals surface area (Å²) in [5.41, 5.74) is 1.91. The van der Waals surface area contributed by atoms with Gasteiger partial charge in [0.1, 0.15) is 6.04 Å². The zero-order chi connectivity index (χ0) is 29.6. The molecule has 0 saturated heterocycles. The van der Waals surface area contributed by atoms with Crippen molar-refractivity contribution in [3.8, 4) is 11.5 Å². The van der Waals surface area contributed by atoms with Crippen LogP contribution in [-0.2, 0) is 32.6 Å². The maximum Gasteiger partial charge on any atom is 0.242 e. The second-order valence-corrected chi connectivity index (χ2v) is 12.3. The van der Waals surface area contributed by atoms with Gasteiger partial charge in [-0.1, -0.05) is 59.6 Å². The average Bonchev–Trinajstić information content (AvgIpc) is 3.41. The van der Waals surface area contributed by atoms with E-state index < -0.39 is 16.1 Å². The molecule has 1 atom stereocenters. The van der Waals surface area contributed by atoms with Gasteiger partial charge in [0.05, 0.1) is 11.9 Å². The topological polar surface area (TPSA) is 105 Å². The third-order valence-corrected chi connectivity index (χ3v) is 8.45. The van der Waals surface area contributed by atoms with E-state index in [2.05, 4.69) is 5.32 Å². The molecule has 0 aliphatic carbocycles. The third-order valence-electron chi connectivity index (χ3n) is 6.67. The number of fused-ring (bicyclic) bond motifs is 1. The molecule has 3 aromatic carbocycles. The number of ether oxygens (including phenoxy) is 2. The van der Waals surface area contributed by atoms with E-state index in [0.29, 0.717) is 32.8 Å². The highest BCUT2D eigenvalue weighted by Gasteiger charge is 2.30. The number of halogens is 2. The van der Waals surface area contributed by atoms with Crippen molar-refractivity contribution in [2.45, 2.75) is 31.8 Å². The van der Waals surface area contributed by atoms with Gasteiger partial charge in [-0.3, -0.25) is 13.9 Å². The fourth-order valence-corrected chi connectivity index (χ4v) is 6.02. The van der Waals surface area contributed by atoms with Crippen LogP contribution in [0.1, 0.15) is 24.0 Å². The van der Waals surface area contributed by atoms with Crippen LogP contribution >= 0.6 is 23.2 Å². The molecular weight excluding hydrogens is 589 g/mol. The van der Waals surface area contributed by atoms with Gasteiger partial charge in [0.2, 0.25) is 28.6 Å². The number of rotatable bonds is 12. The molecule has 0 saturated carbocycles. The molecule has 1 N–H and O–H groups in total. The molecule has 0 bridgehead atoms. The van der Waals surface area contributed by atoms with E-state index in [-0.39, 0.29) is 51.0 Å². The van der Waals surface area contributed by atoms with Gasteiger partial charge >= 0.3 is 0 Å². The molecule has 1 heterocycles. The SMILES string of the molecule is CNC(=O)[C@@H](Cc1ccccc1)N(Cc1ccc(Cl)cc1Cl)C(=O)CCCN(c1ccc2c(c1)OCO2)S(C)(=O)=O. The van der Waals surface area contributed by atoms with Crippen LogP contribution < -0.4 is 19.1 Å². The van der Waals surface area contributed by atoms with Gasteiger partial charge < -0.3 is 19.7 Å². The summed E-state index contributed by atoms with van der Waals surface area (Å²) < 4.78 is 37.3. The van der Waals surface area contributed by atoms with Crippen molar-refractivity contribution in [2.24, 2.45) is 0 Å². The molecule has 0 unspecified atom stereocenters. The first kappa shape index (κ1) is 30.5.